The highest BCUT2D eigenvalue weighted by atomic mass is 79.9. The molecule has 0 unspecified atom stereocenters. The van der Waals surface area contributed by atoms with Crippen molar-refractivity contribution in [1.29, 1.82) is 0 Å². The Morgan fingerprint density at radius 3 is 2.40 bits per heavy atom. The average molecular weight is 417 g/mol. The van der Waals surface area contributed by atoms with Gasteiger partial charge in [0.1, 0.15) is 12.4 Å². The topological polar surface area (TPSA) is 38.3 Å². The van der Waals surface area contributed by atoms with Gasteiger partial charge < -0.3 is 10.1 Å². The average Bonchev–Trinajstić information content (AvgIpc) is 2.62. The van der Waals surface area contributed by atoms with E-state index in [1.165, 1.54) is 0 Å². The van der Waals surface area contributed by atoms with E-state index in [0.717, 1.165) is 15.8 Å². The molecule has 5 heteroatoms. The van der Waals surface area contributed by atoms with E-state index in [2.05, 4.69) is 21.2 Å². The van der Waals surface area contributed by atoms with Crippen molar-refractivity contribution in [2.45, 2.75) is 6.61 Å². The van der Waals surface area contributed by atoms with Gasteiger partial charge in [-0.25, -0.2) is 0 Å². The molecule has 0 spiro atoms. The van der Waals surface area contributed by atoms with Crippen molar-refractivity contribution in [3.05, 3.63) is 93.4 Å². The molecule has 0 fully saturated rings. The Bertz CT molecular complexity index is 864. The van der Waals surface area contributed by atoms with Crippen molar-refractivity contribution in [3.8, 4) is 5.75 Å². The van der Waals surface area contributed by atoms with Gasteiger partial charge in [0.05, 0.1) is 0 Å². The van der Waals surface area contributed by atoms with Crippen LogP contribution in [0.15, 0.2) is 77.3 Å². The van der Waals surface area contributed by atoms with Crippen molar-refractivity contribution in [2.24, 2.45) is 0 Å². The molecule has 0 aromatic heterocycles. The zero-order chi connectivity index (χ0) is 17.6. The van der Waals surface area contributed by atoms with E-state index >= 15 is 0 Å². The van der Waals surface area contributed by atoms with Crippen LogP contribution in [-0.2, 0) is 6.61 Å². The first-order valence-corrected chi connectivity index (χ1v) is 8.81. The van der Waals surface area contributed by atoms with Gasteiger partial charge in [-0.2, -0.15) is 0 Å². The molecule has 3 aromatic rings. The Balaban J connectivity index is 1.58. The standard InChI is InChI=1S/C20H15BrClNO2/c21-16-3-1-2-15(12-16)20(24)23-18-8-10-19(11-9-18)25-13-14-4-6-17(22)7-5-14/h1-12H,13H2,(H,23,24). The smallest absolute Gasteiger partial charge is 0.255 e. The van der Waals surface area contributed by atoms with Crippen LogP contribution < -0.4 is 10.1 Å². The van der Waals surface area contributed by atoms with Gasteiger partial charge in [0.15, 0.2) is 0 Å². The van der Waals surface area contributed by atoms with Gasteiger partial charge >= 0.3 is 0 Å². The van der Waals surface area contributed by atoms with Crippen molar-refractivity contribution >= 4 is 39.1 Å². The number of halogens is 2. The van der Waals surface area contributed by atoms with E-state index in [0.29, 0.717) is 22.9 Å². The minimum Gasteiger partial charge on any atom is -0.489 e. The highest BCUT2D eigenvalue weighted by Gasteiger charge is 2.06. The number of benzene rings is 3. The Morgan fingerprint density at radius 1 is 1.00 bits per heavy atom. The summed E-state index contributed by atoms with van der Waals surface area (Å²) in [5.74, 6) is 0.575. The van der Waals surface area contributed by atoms with Crippen molar-refractivity contribution in [2.75, 3.05) is 5.32 Å². The molecule has 0 aliphatic rings. The SMILES string of the molecule is O=C(Nc1ccc(OCc2ccc(Cl)cc2)cc1)c1cccc(Br)c1. The largest absolute Gasteiger partial charge is 0.489 e. The maximum Gasteiger partial charge on any atom is 0.255 e. The zero-order valence-corrected chi connectivity index (χ0v) is 15.5. The van der Waals surface area contributed by atoms with Gasteiger partial charge in [-0.05, 0) is 60.2 Å². The van der Waals surface area contributed by atoms with E-state index in [1.54, 1.807) is 12.1 Å². The third-order valence-corrected chi connectivity index (χ3v) is 4.26. The van der Waals surface area contributed by atoms with E-state index in [9.17, 15) is 4.79 Å². The zero-order valence-electron chi connectivity index (χ0n) is 13.2. The summed E-state index contributed by atoms with van der Waals surface area (Å²) in [5, 5.41) is 3.57. The predicted octanol–water partition coefficient (Wildman–Crippen LogP) is 5.93. The number of rotatable bonds is 5. The summed E-state index contributed by atoms with van der Waals surface area (Å²) in [4.78, 5) is 12.2. The van der Waals surface area contributed by atoms with E-state index in [-0.39, 0.29) is 5.91 Å². The molecule has 126 valence electrons. The van der Waals surface area contributed by atoms with Crippen LogP contribution in [0.3, 0.4) is 0 Å². The predicted molar refractivity (Wildman–Crippen MR) is 104 cm³/mol. The van der Waals surface area contributed by atoms with Gasteiger partial charge in [0.2, 0.25) is 0 Å². The molecule has 0 aliphatic heterocycles. The van der Waals surface area contributed by atoms with E-state index in [1.807, 2.05) is 60.7 Å². The molecule has 0 radical (unpaired) electrons. The number of carbonyl (C=O) groups is 1. The third kappa shape index (κ3) is 5.08. The maximum absolute atomic E-state index is 12.2. The van der Waals surface area contributed by atoms with Crippen LogP contribution in [-0.4, -0.2) is 5.91 Å². The summed E-state index contributed by atoms with van der Waals surface area (Å²) in [5.41, 5.74) is 2.35. The first kappa shape index (κ1) is 17.5. The van der Waals surface area contributed by atoms with Crippen LogP contribution in [0.5, 0.6) is 5.75 Å². The molecule has 0 saturated heterocycles. The van der Waals surface area contributed by atoms with Crippen LogP contribution in [0.2, 0.25) is 5.02 Å². The number of hydrogen-bond donors (Lipinski definition) is 1. The van der Waals surface area contributed by atoms with Gasteiger partial charge in [-0.3, -0.25) is 4.79 Å². The minimum absolute atomic E-state index is 0.156. The fourth-order valence-electron chi connectivity index (χ4n) is 2.21. The molecular formula is C20H15BrClNO2. The lowest BCUT2D eigenvalue weighted by atomic mass is 10.2. The summed E-state index contributed by atoms with van der Waals surface area (Å²) in [6.45, 7) is 0.459. The number of ether oxygens (including phenoxy) is 1. The monoisotopic (exact) mass is 415 g/mol. The molecular weight excluding hydrogens is 402 g/mol. The molecule has 1 amide bonds. The number of amides is 1. The van der Waals surface area contributed by atoms with Crippen LogP contribution >= 0.6 is 27.5 Å². The first-order valence-electron chi connectivity index (χ1n) is 7.64. The van der Waals surface area contributed by atoms with Crippen LogP contribution in [0, 0.1) is 0 Å². The molecule has 0 atom stereocenters. The molecule has 0 bridgehead atoms. The Kier molecular flexibility index (Phi) is 5.74. The summed E-state index contributed by atoms with van der Waals surface area (Å²) in [7, 11) is 0. The lowest BCUT2D eigenvalue weighted by Gasteiger charge is -2.09. The molecule has 0 heterocycles. The second-order valence-corrected chi connectivity index (χ2v) is 6.76. The van der Waals surface area contributed by atoms with Crippen molar-refractivity contribution in [1.82, 2.24) is 0 Å². The molecule has 3 aromatic carbocycles. The lowest BCUT2D eigenvalue weighted by Crippen LogP contribution is -2.11. The van der Waals surface area contributed by atoms with Crippen LogP contribution in [0.1, 0.15) is 15.9 Å². The quantitative estimate of drug-likeness (QED) is 0.559. The number of nitrogens with one attached hydrogen (secondary N) is 1. The van der Waals surface area contributed by atoms with Crippen LogP contribution in [0.25, 0.3) is 0 Å². The number of hydrogen-bond acceptors (Lipinski definition) is 2. The number of carbonyl (C=O) groups excluding carboxylic acids is 1. The second kappa shape index (κ2) is 8.19. The van der Waals surface area contributed by atoms with Gasteiger partial charge in [-0.1, -0.05) is 45.7 Å². The normalized spacial score (nSPS) is 10.3. The van der Waals surface area contributed by atoms with Gasteiger partial charge in [0, 0.05) is 20.7 Å². The summed E-state index contributed by atoms with van der Waals surface area (Å²) in [6.07, 6.45) is 0. The number of anilines is 1. The summed E-state index contributed by atoms with van der Waals surface area (Å²) in [6, 6.07) is 22.0. The highest BCUT2D eigenvalue weighted by molar-refractivity contribution is 9.10. The first-order chi connectivity index (χ1) is 12.1. The van der Waals surface area contributed by atoms with Crippen molar-refractivity contribution < 1.29 is 9.53 Å². The highest BCUT2D eigenvalue weighted by Crippen LogP contribution is 2.19. The fraction of sp³-hybridized carbons (Fsp3) is 0.0500. The Labute approximate surface area is 159 Å². The summed E-state index contributed by atoms with van der Waals surface area (Å²) >= 11 is 9.22. The minimum atomic E-state index is -0.156. The molecule has 3 nitrogen and oxygen atoms in total. The molecule has 1 N–H and O–H groups in total. The van der Waals surface area contributed by atoms with E-state index in [4.69, 9.17) is 16.3 Å². The maximum atomic E-state index is 12.2. The third-order valence-electron chi connectivity index (χ3n) is 3.52. The van der Waals surface area contributed by atoms with Crippen molar-refractivity contribution in [3.63, 3.8) is 0 Å². The van der Waals surface area contributed by atoms with E-state index < -0.39 is 0 Å². The summed E-state index contributed by atoms with van der Waals surface area (Å²) < 4.78 is 6.60. The fourth-order valence-corrected chi connectivity index (χ4v) is 2.74. The molecule has 3 rings (SSSR count). The molecule has 0 saturated carbocycles. The van der Waals surface area contributed by atoms with Gasteiger partial charge in [0.25, 0.3) is 5.91 Å². The van der Waals surface area contributed by atoms with Gasteiger partial charge in [-0.15, -0.1) is 0 Å². The van der Waals surface area contributed by atoms with Crippen LogP contribution in [0.4, 0.5) is 5.69 Å². The molecule has 0 aliphatic carbocycles. The second-order valence-electron chi connectivity index (χ2n) is 5.40. The Hall–Kier alpha value is -2.30. The molecule has 25 heavy (non-hydrogen) atoms. The Morgan fingerprint density at radius 2 is 1.72 bits per heavy atom. The lowest BCUT2D eigenvalue weighted by molar-refractivity contribution is 0.102.